The summed E-state index contributed by atoms with van der Waals surface area (Å²) in [5, 5.41) is 6.77. The van der Waals surface area contributed by atoms with E-state index < -0.39 is 15.3 Å². The first-order valence-electron chi connectivity index (χ1n) is 6.73. The minimum Gasteiger partial charge on any atom is -0.315 e. The summed E-state index contributed by atoms with van der Waals surface area (Å²) < 4.78 is 28.3. The van der Waals surface area contributed by atoms with Gasteiger partial charge < -0.3 is 5.32 Å². The molecule has 0 aliphatic heterocycles. The molecule has 0 saturated carbocycles. The Morgan fingerprint density at radius 2 is 2.16 bits per heavy atom. The van der Waals surface area contributed by atoms with Crippen LogP contribution in [0.3, 0.4) is 0 Å². The molecule has 1 rings (SSSR count). The molecule has 0 saturated heterocycles. The third-order valence-corrected chi connectivity index (χ3v) is 4.65. The van der Waals surface area contributed by atoms with Crippen molar-refractivity contribution >= 4 is 10.0 Å². The fourth-order valence-electron chi connectivity index (χ4n) is 1.62. The van der Waals surface area contributed by atoms with Crippen LogP contribution in [0.15, 0.2) is 18.5 Å². The number of sulfonamides is 1. The van der Waals surface area contributed by atoms with Crippen LogP contribution in [0.2, 0.25) is 0 Å². The predicted molar refractivity (Wildman–Crippen MR) is 76.4 cm³/mol. The fourth-order valence-corrected chi connectivity index (χ4v) is 2.67. The summed E-state index contributed by atoms with van der Waals surface area (Å²) in [7, 11) is -3.22. The molecule has 19 heavy (non-hydrogen) atoms. The Hall–Kier alpha value is -0.920. The van der Waals surface area contributed by atoms with Crippen LogP contribution in [0.1, 0.15) is 26.7 Å². The smallest absolute Gasteiger partial charge is 0.215 e. The van der Waals surface area contributed by atoms with Crippen molar-refractivity contribution in [3.63, 3.8) is 0 Å². The summed E-state index contributed by atoms with van der Waals surface area (Å²) in [6, 6.07) is 1.85. The Morgan fingerprint density at radius 3 is 2.79 bits per heavy atom. The Bertz CT molecular complexity index is 431. The molecule has 0 aromatic carbocycles. The first-order chi connectivity index (χ1) is 9.06. The van der Waals surface area contributed by atoms with Gasteiger partial charge >= 0.3 is 0 Å². The molecular weight excluding hydrogens is 264 g/mol. The van der Waals surface area contributed by atoms with E-state index in [9.17, 15) is 8.42 Å². The largest absolute Gasteiger partial charge is 0.315 e. The van der Waals surface area contributed by atoms with Gasteiger partial charge in [-0.15, -0.1) is 0 Å². The number of nitrogens with zero attached hydrogens (tertiary/aromatic N) is 2. The number of aryl methyl sites for hydroxylation is 1. The summed E-state index contributed by atoms with van der Waals surface area (Å²) in [4.78, 5) is 0. The number of hydrogen-bond acceptors (Lipinski definition) is 4. The van der Waals surface area contributed by atoms with E-state index >= 15 is 0 Å². The average molecular weight is 288 g/mol. The van der Waals surface area contributed by atoms with Gasteiger partial charge in [-0.05, 0) is 32.4 Å². The zero-order valence-corrected chi connectivity index (χ0v) is 12.5. The summed E-state index contributed by atoms with van der Waals surface area (Å²) in [6.07, 6.45) is 5.32. The molecule has 1 aromatic rings. The quantitative estimate of drug-likeness (QED) is 0.618. The van der Waals surface area contributed by atoms with Crippen LogP contribution in [0.25, 0.3) is 0 Å². The second-order valence-corrected chi connectivity index (χ2v) is 6.76. The zero-order chi connectivity index (χ0) is 14.1. The molecule has 0 radical (unpaired) electrons. The minimum absolute atomic E-state index is 0.413. The highest BCUT2D eigenvalue weighted by Gasteiger charge is 2.19. The maximum absolute atomic E-state index is 11.9. The van der Waals surface area contributed by atoms with Crippen molar-refractivity contribution < 1.29 is 8.42 Å². The highest BCUT2D eigenvalue weighted by Crippen LogP contribution is 1.97. The number of nitrogens with one attached hydrogen (secondary N) is 2. The van der Waals surface area contributed by atoms with Gasteiger partial charge in [0.1, 0.15) is 0 Å². The summed E-state index contributed by atoms with van der Waals surface area (Å²) in [6.45, 7) is 6.28. The molecule has 6 nitrogen and oxygen atoms in total. The van der Waals surface area contributed by atoms with E-state index in [1.807, 2.05) is 12.3 Å². The van der Waals surface area contributed by atoms with E-state index in [0.29, 0.717) is 13.1 Å². The molecule has 0 bridgehead atoms. The summed E-state index contributed by atoms with van der Waals surface area (Å²) in [5.41, 5.74) is 0. The second-order valence-electron chi connectivity index (χ2n) is 4.58. The molecular formula is C12H24N4O2S. The van der Waals surface area contributed by atoms with E-state index in [0.717, 1.165) is 25.9 Å². The molecule has 2 N–H and O–H groups in total. The van der Waals surface area contributed by atoms with Gasteiger partial charge in [-0.1, -0.05) is 6.92 Å². The maximum Gasteiger partial charge on any atom is 0.215 e. The van der Waals surface area contributed by atoms with Crippen molar-refractivity contribution in [3.8, 4) is 0 Å². The van der Waals surface area contributed by atoms with Gasteiger partial charge in [0.05, 0.1) is 5.25 Å². The van der Waals surface area contributed by atoms with Gasteiger partial charge in [0.15, 0.2) is 0 Å². The lowest BCUT2D eigenvalue weighted by Crippen LogP contribution is -2.39. The SMILES string of the molecule is CCCNCC(C)S(=O)(=O)NCCCn1cccn1. The minimum atomic E-state index is -3.22. The number of aromatic nitrogens is 2. The van der Waals surface area contributed by atoms with Crippen LogP contribution >= 0.6 is 0 Å². The Kier molecular flexibility index (Phi) is 7.04. The van der Waals surface area contributed by atoms with Gasteiger partial charge in [0, 0.05) is 32.0 Å². The molecule has 0 aliphatic carbocycles. The molecule has 0 aliphatic rings. The predicted octanol–water partition coefficient (Wildman–Crippen LogP) is 0.581. The zero-order valence-electron chi connectivity index (χ0n) is 11.7. The van der Waals surface area contributed by atoms with Crippen LogP contribution in [0.4, 0.5) is 0 Å². The van der Waals surface area contributed by atoms with Crippen molar-refractivity contribution in [1.82, 2.24) is 19.8 Å². The fraction of sp³-hybridized carbons (Fsp3) is 0.750. The summed E-state index contributed by atoms with van der Waals surface area (Å²) in [5.74, 6) is 0. The van der Waals surface area contributed by atoms with Crippen molar-refractivity contribution in [2.75, 3.05) is 19.6 Å². The Balaban J connectivity index is 2.22. The molecule has 0 amide bonds. The van der Waals surface area contributed by atoms with Crippen LogP contribution in [0.5, 0.6) is 0 Å². The van der Waals surface area contributed by atoms with E-state index in [1.54, 1.807) is 17.8 Å². The maximum atomic E-state index is 11.9. The van der Waals surface area contributed by atoms with E-state index in [4.69, 9.17) is 0 Å². The second kappa shape index (κ2) is 8.29. The molecule has 1 aromatic heterocycles. The Morgan fingerprint density at radius 1 is 1.37 bits per heavy atom. The van der Waals surface area contributed by atoms with Crippen molar-refractivity contribution in [3.05, 3.63) is 18.5 Å². The van der Waals surface area contributed by atoms with Gasteiger partial charge in [0.2, 0.25) is 10.0 Å². The molecule has 110 valence electrons. The normalized spacial score (nSPS) is 13.6. The van der Waals surface area contributed by atoms with E-state index in [1.165, 1.54) is 0 Å². The van der Waals surface area contributed by atoms with E-state index in [2.05, 4.69) is 22.1 Å². The lowest BCUT2D eigenvalue weighted by Gasteiger charge is -2.14. The highest BCUT2D eigenvalue weighted by atomic mass is 32.2. The van der Waals surface area contributed by atoms with Crippen LogP contribution < -0.4 is 10.0 Å². The molecule has 1 unspecified atom stereocenters. The Labute approximate surface area is 115 Å². The molecule has 0 fully saturated rings. The van der Waals surface area contributed by atoms with Crippen LogP contribution in [0, 0.1) is 0 Å². The van der Waals surface area contributed by atoms with Crippen molar-refractivity contribution in [2.45, 2.75) is 38.5 Å². The standard InChI is InChI=1S/C12H24N4O2S/c1-3-6-13-11-12(2)19(17,18)15-8-5-10-16-9-4-7-14-16/h4,7,9,12-13,15H,3,5-6,8,10-11H2,1-2H3. The molecule has 1 heterocycles. The third kappa shape index (κ3) is 6.17. The van der Waals surface area contributed by atoms with Gasteiger partial charge in [-0.3, -0.25) is 4.68 Å². The highest BCUT2D eigenvalue weighted by molar-refractivity contribution is 7.90. The van der Waals surface area contributed by atoms with E-state index in [-0.39, 0.29) is 0 Å². The topological polar surface area (TPSA) is 76.0 Å². The average Bonchev–Trinajstić information content (AvgIpc) is 2.88. The lowest BCUT2D eigenvalue weighted by molar-refractivity contribution is 0.539. The number of hydrogen-bond donors (Lipinski definition) is 2. The third-order valence-electron chi connectivity index (χ3n) is 2.81. The van der Waals surface area contributed by atoms with Gasteiger partial charge in [-0.2, -0.15) is 5.10 Å². The summed E-state index contributed by atoms with van der Waals surface area (Å²) >= 11 is 0. The first kappa shape index (κ1) is 16.1. The molecule has 0 spiro atoms. The van der Waals surface area contributed by atoms with Crippen molar-refractivity contribution in [2.24, 2.45) is 0 Å². The molecule has 7 heteroatoms. The molecule has 1 atom stereocenters. The van der Waals surface area contributed by atoms with Gasteiger partial charge in [0.25, 0.3) is 0 Å². The van der Waals surface area contributed by atoms with Crippen LogP contribution in [-0.4, -0.2) is 43.1 Å². The van der Waals surface area contributed by atoms with Crippen LogP contribution in [-0.2, 0) is 16.6 Å². The van der Waals surface area contributed by atoms with Crippen molar-refractivity contribution in [1.29, 1.82) is 0 Å². The monoisotopic (exact) mass is 288 g/mol. The first-order valence-corrected chi connectivity index (χ1v) is 8.27. The van der Waals surface area contributed by atoms with Gasteiger partial charge in [-0.25, -0.2) is 13.1 Å². The number of rotatable bonds is 10. The lowest BCUT2D eigenvalue weighted by atomic mass is 10.4.